The Morgan fingerprint density at radius 1 is 1.23 bits per heavy atom. The molecule has 0 fully saturated rings. The molecule has 0 spiro atoms. The molecular formula is C14H9F4NO3. The summed E-state index contributed by atoms with van der Waals surface area (Å²) in [5.41, 5.74) is -0.388. The lowest BCUT2D eigenvalue weighted by molar-refractivity contribution is -0.274. The fourth-order valence-corrected chi connectivity index (χ4v) is 1.77. The fraction of sp³-hybridized carbons (Fsp3) is 0.143. The number of benzene rings is 1. The molecule has 0 bridgehead atoms. The lowest BCUT2D eigenvalue weighted by Gasteiger charge is -2.13. The van der Waals surface area contributed by atoms with Crippen molar-refractivity contribution < 1.29 is 31.8 Å². The summed E-state index contributed by atoms with van der Waals surface area (Å²) in [6, 6.07) is 6.30. The highest BCUT2D eigenvalue weighted by molar-refractivity contribution is 5.91. The van der Waals surface area contributed by atoms with Crippen molar-refractivity contribution in [2.75, 3.05) is 7.11 Å². The van der Waals surface area contributed by atoms with Crippen LogP contribution in [0.1, 0.15) is 10.4 Å². The summed E-state index contributed by atoms with van der Waals surface area (Å²) in [5, 5.41) is 0. The largest absolute Gasteiger partial charge is 0.573 e. The standard InChI is InChI=1S/C14H9F4NO3/c1-21-13(20)10-6-8(7-19-12(10)15)9-4-2-3-5-11(9)22-14(16,17)18/h2-7H,1H3. The number of methoxy groups -OCH3 is 1. The summed E-state index contributed by atoms with van der Waals surface area (Å²) >= 11 is 0. The number of carbonyl (C=O) groups excluding carboxylic acids is 1. The number of pyridine rings is 1. The van der Waals surface area contributed by atoms with Crippen LogP contribution in [0.4, 0.5) is 17.6 Å². The highest BCUT2D eigenvalue weighted by Crippen LogP contribution is 2.33. The molecule has 0 radical (unpaired) electrons. The molecule has 0 aliphatic rings. The van der Waals surface area contributed by atoms with Gasteiger partial charge in [0.25, 0.3) is 0 Å². The van der Waals surface area contributed by atoms with Crippen molar-refractivity contribution in [2.24, 2.45) is 0 Å². The number of hydrogen-bond donors (Lipinski definition) is 0. The van der Waals surface area contributed by atoms with E-state index in [-0.39, 0.29) is 11.1 Å². The van der Waals surface area contributed by atoms with Gasteiger partial charge in [0.05, 0.1) is 7.11 Å². The Morgan fingerprint density at radius 2 is 1.91 bits per heavy atom. The molecule has 1 aromatic heterocycles. The van der Waals surface area contributed by atoms with E-state index in [0.29, 0.717) is 0 Å². The van der Waals surface area contributed by atoms with E-state index in [1.807, 2.05) is 0 Å². The van der Waals surface area contributed by atoms with E-state index in [1.54, 1.807) is 0 Å². The number of hydrogen-bond acceptors (Lipinski definition) is 4. The van der Waals surface area contributed by atoms with Gasteiger partial charge in [0.2, 0.25) is 5.95 Å². The van der Waals surface area contributed by atoms with Gasteiger partial charge in [-0.2, -0.15) is 4.39 Å². The van der Waals surface area contributed by atoms with Gasteiger partial charge in [-0.1, -0.05) is 18.2 Å². The number of ether oxygens (including phenoxy) is 2. The predicted octanol–water partition coefficient (Wildman–Crippen LogP) is 3.57. The minimum atomic E-state index is -4.88. The summed E-state index contributed by atoms with van der Waals surface area (Å²) < 4.78 is 58.9. The molecule has 0 amide bonds. The zero-order valence-corrected chi connectivity index (χ0v) is 11.1. The molecule has 1 heterocycles. The molecule has 0 atom stereocenters. The van der Waals surface area contributed by atoms with Gasteiger partial charge in [-0.3, -0.25) is 0 Å². The number of halogens is 4. The summed E-state index contributed by atoms with van der Waals surface area (Å²) in [6.07, 6.45) is -3.88. The van der Waals surface area contributed by atoms with Crippen LogP contribution in [0.3, 0.4) is 0 Å². The van der Waals surface area contributed by atoms with E-state index in [9.17, 15) is 22.4 Å². The smallest absolute Gasteiger partial charge is 0.465 e. The number of para-hydroxylation sites is 1. The Labute approximate surface area is 122 Å². The van der Waals surface area contributed by atoms with Crippen LogP contribution in [0.25, 0.3) is 11.1 Å². The van der Waals surface area contributed by atoms with Crippen LogP contribution in [0, 0.1) is 5.95 Å². The number of nitrogens with zero attached hydrogens (tertiary/aromatic N) is 1. The second-order valence-electron chi connectivity index (χ2n) is 4.10. The third kappa shape index (κ3) is 3.51. The summed E-state index contributed by atoms with van der Waals surface area (Å²) in [4.78, 5) is 14.8. The average Bonchev–Trinajstić information content (AvgIpc) is 2.46. The van der Waals surface area contributed by atoms with E-state index in [0.717, 1.165) is 25.4 Å². The molecule has 4 nitrogen and oxygen atoms in total. The average molecular weight is 315 g/mol. The Balaban J connectivity index is 2.51. The van der Waals surface area contributed by atoms with Gasteiger partial charge in [0.1, 0.15) is 11.3 Å². The van der Waals surface area contributed by atoms with Gasteiger partial charge in [-0.25, -0.2) is 9.78 Å². The maximum absolute atomic E-state index is 13.5. The first-order valence-electron chi connectivity index (χ1n) is 5.91. The number of esters is 1. The molecule has 8 heteroatoms. The van der Waals surface area contributed by atoms with Gasteiger partial charge in [0.15, 0.2) is 0 Å². The number of alkyl halides is 3. The van der Waals surface area contributed by atoms with E-state index < -0.39 is 29.6 Å². The Bertz CT molecular complexity index is 701. The first-order chi connectivity index (χ1) is 10.3. The molecule has 0 aliphatic carbocycles. The van der Waals surface area contributed by atoms with Crippen molar-refractivity contribution in [3.05, 3.63) is 48.0 Å². The van der Waals surface area contributed by atoms with Crippen molar-refractivity contribution in [1.82, 2.24) is 4.98 Å². The van der Waals surface area contributed by atoms with E-state index in [1.165, 1.54) is 18.2 Å². The third-order valence-electron chi connectivity index (χ3n) is 2.67. The lowest BCUT2D eigenvalue weighted by Crippen LogP contribution is -2.17. The molecule has 1 aromatic carbocycles. The zero-order chi connectivity index (χ0) is 16.3. The van der Waals surface area contributed by atoms with Crippen LogP contribution < -0.4 is 4.74 Å². The Kier molecular flexibility index (Phi) is 4.30. The highest BCUT2D eigenvalue weighted by Gasteiger charge is 2.32. The van der Waals surface area contributed by atoms with Crippen LogP contribution >= 0.6 is 0 Å². The molecule has 0 unspecified atom stereocenters. The van der Waals surface area contributed by atoms with Gasteiger partial charge in [0, 0.05) is 17.3 Å². The minimum absolute atomic E-state index is 0.0116. The maximum Gasteiger partial charge on any atom is 0.573 e. The number of aromatic nitrogens is 1. The predicted molar refractivity (Wildman–Crippen MR) is 67.7 cm³/mol. The van der Waals surface area contributed by atoms with Gasteiger partial charge < -0.3 is 9.47 Å². The van der Waals surface area contributed by atoms with Crippen LogP contribution in [-0.2, 0) is 4.74 Å². The second kappa shape index (κ2) is 6.00. The second-order valence-corrected chi connectivity index (χ2v) is 4.10. The number of carbonyl (C=O) groups is 1. The van der Waals surface area contributed by atoms with Crippen molar-refractivity contribution in [2.45, 2.75) is 6.36 Å². The normalized spacial score (nSPS) is 11.1. The maximum atomic E-state index is 13.5. The molecule has 116 valence electrons. The monoisotopic (exact) mass is 315 g/mol. The molecule has 2 rings (SSSR count). The topological polar surface area (TPSA) is 48.4 Å². The van der Waals surface area contributed by atoms with Crippen molar-refractivity contribution >= 4 is 5.97 Å². The van der Waals surface area contributed by atoms with Gasteiger partial charge >= 0.3 is 12.3 Å². The SMILES string of the molecule is COC(=O)c1cc(-c2ccccc2OC(F)(F)F)cnc1F. The molecule has 0 saturated heterocycles. The van der Waals surface area contributed by atoms with Crippen molar-refractivity contribution in [3.63, 3.8) is 0 Å². The van der Waals surface area contributed by atoms with Crippen molar-refractivity contribution in [3.8, 4) is 16.9 Å². The Hall–Kier alpha value is -2.64. The fourth-order valence-electron chi connectivity index (χ4n) is 1.77. The highest BCUT2D eigenvalue weighted by atomic mass is 19.4. The first kappa shape index (κ1) is 15.7. The minimum Gasteiger partial charge on any atom is -0.465 e. The van der Waals surface area contributed by atoms with Crippen molar-refractivity contribution in [1.29, 1.82) is 0 Å². The lowest BCUT2D eigenvalue weighted by atomic mass is 10.0. The molecule has 0 aliphatic heterocycles. The third-order valence-corrected chi connectivity index (χ3v) is 2.67. The molecule has 0 saturated carbocycles. The van der Waals surface area contributed by atoms with Crippen LogP contribution in [-0.4, -0.2) is 24.4 Å². The van der Waals surface area contributed by atoms with Gasteiger partial charge in [-0.05, 0) is 12.1 Å². The summed E-state index contributed by atoms with van der Waals surface area (Å²) in [5.74, 6) is -2.55. The molecule has 2 aromatic rings. The quantitative estimate of drug-likeness (QED) is 0.493. The zero-order valence-electron chi connectivity index (χ0n) is 11.1. The first-order valence-corrected chi connectivity index (χ1v) is 5.91. The summed E-state index contributed by atoms with van der Waals surface area (Å²) in [6.45, 7) is 0. The van der Waals surface area contributed by atoms with Crippen LogP contribution in [0.15, 0.2) is 36.5 Å². The van der Waals surface area contributed by atoms with Crippen LogP contribution in [0.2, 0.25) is 0 Å². The molecule has 22 heavy (non-hydrogen) atoms. The van der Waals surface area contributed by atoms with E-state index >= 15 is 0 Å². The number of rotatable bonds is 3. The van der Waals surface area contributed by atoms with Gasteiger partial charge in [-0.15, -0.1) is 13.2 Å². The molecule has 0 N–H and O–H groups in total. The van der Waals surface area contributed by atoms with Crippen LogP contribution in [0.5, 0.6) is 5.75 Å². The Morgan fingerprint density at radius 3 is 2.55 bits per heavy atom. The van der Waals surface area contributed by atoms with E-state index in [2.05, 4.69) is 14.5 Å². The summed E-state index contributed by atoms with van der Waals surface area (Å²) in [7, 11) is 1.05. The molecular weight excluding hydrogens is 306 g/mol. The van der Waals surface area contributed by atoms with E-state index in [4.69, 9.17) is 0 Å².